The Morgan fingerprint density at radius 3 is 2.69 bits per heavy atom. The number of esters is 1. The van der Waals surface area contributed by atoms with E-state index in [2.05, 4.69) is 20.0 Å². The minimum Gasteiger partial charge on any atom is -0.461 e. The van der Waals surface area contributed by atoms with E-state index in [0.717, 1.165) is 23.9 Å². The maximum Gasteiger partial charge on any atom is 0.381 e. The summed E-state index contributed by atoms with van der Waals surface area (Å²) in [4.78, 5) is 20.3. The topological polar surface area (TPSA) is 88.0 Å². The van der Waals surface area contributed by atoms with Gasteiger partial charge in [-0.2, -0.15) is 8.78 Å². The van der Waals surface area contributed by atoms with Gasteiger partial charge < -0.3 is 15.5 Å². The summed E-state index contributed by atoms with van der Waals surface area (Å²) in [5, 5.41) is 10.5. The van der Waals surface area contributed by atoms with E-state index in [-0.39, 0.29) is 6.61 Å². The highest BCUT2D eigenvalue weighted by Crippen LogP contribution is 2.31. The van der Waals surface area contributed by atoms with Crippen LogP contribution in [0.15, 0.2) is 60.9 Å². The highest BCUT2D eigenvalue weighted by Gasteiger charge is 2.42. The van der Waals surface area contributed by atoms with Crippen LogP contribution in [0.2, 0.25) is 0 Å². The lowest BCUT2D eigenvalue weighted by Gasteiger charge is -2.15. The van der Waals surface area contributed by atoms with Gasteiger partial charge in [0.15, 0.2) is 0 Å². The molecule has 0 amide bonds. The average Bonchev–Trinajstić information content (AvgIpc) is 2.74. The molecule has 0 aliphatic rings. The smallest absolute Gasteiger partial charge is 0.381 e. The quantitative estimate of drug-likeness (QED) is 0.457. The van der Waals surface area contributed by atoms with Gasteiger partial charge in [0.25, 0.3) is 0 Å². The minimum absolute atomic E-state index is 0.134. The minimum atomic E-state index is -3.76. The highest BCUT2D eigenvalue weighted by molar-refractivity contribution is 6.08. The first-order chi connectivity index (χ1) is 14.0. The number of aromatic nitrogens is 2. The number of halogens is 2. The summed E-state index contributed by atoms with van der Waals surface area (Å²) >= 11 is 0. The first-order valence-corrected chi connectivity index (χ1v) is 8.80. The van der Waals surface area contributed by atoms with Crippen molar-refractivity contribution in [2.45, 2.75) is 12.8 Å². The number of carbonyl (C=O) groups is 1. The Morgan fingerprint density at radius 1 is 1.21 bits per heavy atom. The second kappa shape index (κ2) is 8.55. The zero-order valence-corrected chi connectivity index (χ0v) is 15.5. The van der Waals surface area contributed by atoms with Crippen molar-refractivity contribution in [1.82, 2.24) is 9.97 Å². The lowest BCUT2D eigenvalue weighted by Crippen LogP contribution is -2.28. The number of nitrogens with zero attached hydrogens (tertiary/aromatic N) is 2. The zero-order chi connectivity index (χ0) is 20.9. The van der Waals surface area contributed by atoms with Crippen LogP contribution >= 0.6 is 0 Å². The molecule has 0 aliphatic heterocycles. The van der Waals surface area contributed by atoms with Crippen LogP contribution in [0.1, 0.15) is 18.2 Å². The average molecular weight is 396 g/mol. The number of carbonyl (C=O) groups excluding carboxylic acids is 1. The fourth-order valence-electron chi connectivity index (χ4n) is 2.59. The van der Waals surface area contributed by atoms with E-state index in [1.54, 1.807) is 6.07 Å². The SMILES string of the molecule is CCOC(=O)C(F)(F)c1cccc(N/C=C(\C=N)c2cnc3ccccc3n2)c1. The number of anilines is 1. The number of para-hydroxylation sites is 2. The van der Waals surface area contributed by atoms with Crippen molar-refractivity contribution >= 4 is 34.5 Å². The van der Waals surface area contributed by atoms with Gasteiger partial charge in [-0.3, -0.25) is 4.98 Å². The Kier molecular flexibility index (Phi) is 5.92. The molecule has 2 N–H and O–H groups in total. The van der Waals surface area contributed by atoms with Crippen molar-refractivity contribution in [1.29, 1.82) is 5.41 Å². The summed E-state index contributed by atoms with van der Waals surface area (Å²) in [5.41, 5.74) is 2.09. The molecule has 0 saturated carbocycles. The van der Waals surface area contributed by atoms with Gasteiger partial charge in [0.1, 0.15) is 0 Å². The number of nitrogens with one attached hydrogen (secondary N) is 2. The monoisotopic (exact) mass is 396 g/mol. The van der Waals surface area contributed by atoms with Crippen LogP contribution in [0.5, 0.6) is 0 Å². The summed E-state index contributed by atoms with van der Waals surface area (Å²) < 4.78 is 32.9. The predicted octanol–water partition coefficient (Wildman–Crippen LogP) is 4.39. The van der Waals surface area contributed by atoms with Gasteiger partial charge in [-0.1, -0.05) is 24.3 Å². The molecule has 3 aromatic rings. The molecule has 0 spiro atoms. The van der Waals surface area contributed by atoms with E-state index in [1.807, 2.05) is 24.3 Å². The molecule has 1 aromatic heterocycles. The molecule has 8 heteroatoms. The fraction of sp³-hybridized carbons (Fsp3) is 0.143. The molecule has 0 atom stereocenters. The number of rotatable bonds is 7. The number of ether oxygens (including phenoxy) is 1. The maximum absolute atomic E-state index is 14.2. The third kappa shape index (κ3) is 4.43. The lowest BCUT2D eigenvalue weighted by molar-refractivity contribution is -0.173. The summed E-state index contributed by atoms with van der Waals surface area (Å²) in [5.74, 6) is -5.36. The first kappa shape index (κ1) is 20.1. The Bertz CT molecular complexity index is 1080. The van der Waals surface area contributed by atoms with Gasteiger partial charge in [-0.15, -0.1) is 0 Å². The summed E-state index contributed by atoms with van der Waals surface area (Å²) in [6, 6.07) is 12.6. The maximum atomic E-state index is 14.2. The molecular weight excluding hydrogens is 378 g/mol. The van der Waals surface area contributed by atoms with Crippen molar-refractivity contribution in [2.75, 3.05) is 11.9 Å². The van der Waals surface area contributed by atoms with Gasteiger partial charge in [-0.25, -0.2) is 9.78 Å². The molecule has 2 aromatic carbocycles. The van der Waals surface area contributed by atoms with Crippen molar-refractivity contribution < 1.29 is 18.3 Å². The lowest BCUT2D eigenvalue weighted by atomic mass is 10.1. The van der Waals surface area contributed by atoms with E-state index in [0.29, 0.717) is 22.5 Å². The van der Waals surface area contributed by atoms with E-state index in [1.165, 1.54) is 25.4 Å². The molecule has 0 aliphatic carbocycles. The molecule has 148 valence electrons. The third-order valence-electron chi connectivity index (χ3n) is 4.05. The molecule has 1 heterocycles. The summed E-state index contributed by atoms with van der Waals surface area (Å²) in [6.07, 6.45) is 4.09. The van der Waals surface area contributed by atoms with Crippen LogP contribution in [-0.4, -0.2) is 28.8 Å². The normalized spacial score (nSPS) is 11.9. The number of fused-ring (bicyclic) bond motifs is 1. The Hall–Kier alpha value is -3.68. The Labute approximate surface area is 165 Å². The van der Waals surface area contributed by atoms with E-state index in [4.69, 9.17) is 5.41 Å². The second-order valence-electron chi connectivity index (χ2n) is 6.01. The number of hydrogen-bond acceptors (Lipinski definition) is 6. The zero-order valence-electron chi connectivity index (χ0n) is 15.5. The van der Waals surface area contributed by atoms with Gasteiger partial charge in [0, 0.05) is 29.2 Å². The largest absolute Gasteiger partial charge is 0.461 e. The number of alkyl halides is 2. The molecule has 3 rings (SSSR count). The molecular formula is C21H18F2N4O2. The number of benzene rings is 2. The molecule has 0 radical (unpaired) electrons. The van der Waals surface area contributed by atoms with Crippen molar-refractivity contribution in [2.24, 2.45) is 0 Å². The molecule has 6 nitrogen and oxygen atoms in total. The highest BCUT2D eigenvalue weighted by atomic mass is 19.3. The molecule has 0 fully saturated rings. The molecule has 0 saturated heterocycles. The van der Waals surface area contributed by atoms with E-state index < -0.39 is 17.5 Å². The molecule has 29 heavy (non-hydrogen) atoms. The van der Waals surface area contributed by atoms with Gasteiger partial charge in [-0.05, 0) is 31.2 Å². The molecule has 0 unspecified atom stereocenters. The van der Waals surface area contributed by atoms with Gasteiger partial charge >= 0.3 is 11.9 Å². The van der Waals surface area contributed by atoms with Crippen LogP contribution in [0.3, 0.4) is 0 Å². The Balaban J connectivity index is 1.85. The second-order valence-corrected chi connectivity index (χ2v) is 6.01. The van der Waals surface area contributed by atoms with Gasteiger partial charge in [0.05, 0.1) is 29.5 Å². The van der Waals surface area contributed by atoms with E-state index in [9.17, 15) is 13.6 Å². The van der Waals surface area contributed by atoms with Gasteiger partial charge in [0.2, 0.25) is 0 Å². The van der Waals surface area contributed by atoms with Crippen LogP contribution in [0.4, 0.5) is 14.5 Å². The summed E-state index contributed by atoms with van der Waals surface area (Å²) in [7, 11) is 0. The van der Waals surface area contributed by atoms with Crippen LogP contribution in [0, 0.1) is 5.41 Å². The first-order valence-electron chi connectivity index (χ1n) is 8.80. The predicted molar refractivity (Wildman–Crippen MR) is 107 cm³/mol. The van der Waals surface area contributed by atoms with Crippen molar-refractivity contribution in [3.63, 3.8) is 0 Å². The van der Waals surface area contributed by atoms with Crippen LogP contribution in [-0.2, 0) is 15.5 Å². The number of allylic oxidation sites excluding steroid dienone is 1. The summed E-state index contributed by atoms with van der Waals surface area (Å²) in [6.45, 7) is 1.33. The number of hydrogen-bond donors (Lipinski definition) is 2. The van der Waals surface area contributed by atoms with Crippen molar-refractivity contribution in [3.8, 4) is 0 Å². The standard InChI is InChI=1S/C21H18F2N4O2/c1-2-29-20(28)21(22,23)15-6-5-7-16(10-15)25-12-14(11-24)19-13-26-17-8-3-4-9-18(17)27-19/h3-13,24-25H,2H2,1H3/b14-12+,24-11?. The molecule has 0 bridgehead atoms. The Morgan fingerprint density at radius 2 is 1.97 bits per heavy atom. The fourth-order valence-corrected chi connectivity index (χ4v) is 2.59. The van der Waals surface area contributed by atoms with E-state index >= 15 is 0 Å². The third-order valence-corrected chi connectivity index (χ3v) is 4.05. The van der Waals surface area contributed by atoms with Crippen molar-refractivity contribution in [3.05, 3.63) is 72.2 Å². The van der Waals surface area contributed by atoms with Crippen LogP contribution in [0.25, 0.3) is 16.6 Å². The van der Waals surface area contributed by atoms with Crippen LogP contribution < -0.4 is 5.32 Å².